The van der Waals surface area contributed by atoms with Crippen LogP contribution in [-0.4, -0.2) is 11.2 Å². The molecule has 202 valence electrons. The van der Waals surface area contributed by atoms with E-state index in [9.17, 15) is 9.50 Å². The van der Waals surface area contributed by atoms with E-state index in [1.165, 1.54) is 70.3 Å². The minimum Gasteiger partial charge on any atom is -0.393 e. The normalized spacial score (nSPS) is 43.1. The maximum absolute atomic E-state index is 13.9. The zero-order valence-corrected chi connectivity index (χ0v) is 23.8. The van der Waals surface area contributed by atoms with Gasteiger partial charge in [-0.05, 0) is 134 Å². The van der Waals surface area contributed by atoms with Crippen molar-refractivity contribution in [3.05, 3.63) is 35.6 Å². The van der Waals surface area contributed by atoms with Crippen molar-refractivity contribution in [2.75, 3.05) is 0 Å². The van der Waals surface area contributed by atoms with E-state index >= 15 is 0 Å². The van der Waals surface area contributed by atoms with Gasteiger partial charge in [0.1, 0.15) is 5.82 Å². The first-order valence-electron chi connectivity index (χ1n) is 15.6. The number of benzene rings is 1. The summed E-state index contributed by atoms with van der Waals surface area (Å²) in [6.07, 6.45) is 15.2. The summed E-state index contributed by atoms with van der Waals surface area (Å²) in [5.41, 5.74) is 1.94. The van der Waals surface area contributed by atoms with Crippen molar-refractivity contribution in [3.8, 4) is 0 Å². The fraction of sp³-hybridized carbons (Fsp3) is 0.824. The Balaban J connectivity index is 1.31. The molecule has 4 aliphatic rings. The first kappa shape index (κ1) is 26.7. The molecule has 0 heterocycles. The van der Waals surface area contributed by atoms with Gasteiger partial charge in [0.15, 0.2) is 0 Å². The van der Waals surface area contributed by atoms with E-state index in [1.54, 1.807) is 6.07 Å². The van der Waals surface area contributed by atoms with Gasteiger partial charge in [-0.15, -0.1) is 0 Å². The predicted octanol–water partition coefficient (Wildman–Crippen LogP) is 9.08. The maximum Gasteiger partial charge on any atom is 0.123 e. The van der Waals surface area contributed by atoms with E-state index in [0.717, 1.165) is 53.9 Å². The third-order valence-electron chi connectivity index (χ3n) is 12.5. The third kappa shape index (κ3) is 4.71. The highest BCUT2D eigenvalue weighted by Gasteiger charge is 2.61. The average molecular weight is 497 g/mol. The number of halogens is 1. The lowest BCUT2D eigenvalue weighted by atomic mass is 9.42. The van der Waals surface area contributed by atoms with E-state index in [0.29, 0.717) is 16.7 Å². The minimum atomic E-state index is -0.237. The Bertz CT molecular complexity index is 895. The second-order valence-corrected chi connectivity index (χ2v) is 14.7. The first-order valence-corrected chi connectivity index (χ1v) is 15.6. The van der Waals surface area contributed by atoms with Crippen LogP contribution >= 0.6 is 0 Å². The molecule has 0 radical (unpaired) electrons. The predicted molar refractivity (Wildman–Crippen MR) is 148 cm³/mol. The molecule has 4 fully saturated rings. The molecule has 0 saturated heterocycles. The fourth-order valence-corrected chi connectivity index (χ4v) is 10.7. The Kier molecular flexibility index (Phi) is 7.68. The SMILES string of the molecule is CC(C)CCC[C@@H](C)[C@H]1CC[C@H]2[C@@H]3CCC4[C@H](Cc5cccc(F)c5)[C@H](O)CC[C@]4(C)[C@H]3CC[C@]12C. The monoisotopic (exact) mass is 496 g/mol. The van der Waals surface area contributed by atoms with Crippen molar-refractivity contribution in [1.82, 2.24) is 0 Å². The summed E-state index contributed by atoms with van der Waals surface area (Å²) < 4.78 is 13.9. The highest BCUT2D eigenvalue weighted by atomic mass is 19.1. The van der Waals surface area contributed by atoms with Gasteiger partial charge in [-0.1, -0.05) is 66.0 Å². The molecule has 1 N–H and O–H groups in total. The van der Waals surface area contributed by atoms with Gasteiger partial charge in [0, 0.05) is 0 Å². The molecule has 0 amide bonds. The van der Waals surface area contributed by atoms with Gasteiger partial charge in [-0.2, -0.15) is 0 Å². The lowest BCUT2D eigenvalue weighted by molar-refractivity contribution is -0.152. The molecule has 0 aliphatic heterocycles. The Labute approximate surface area is 221 Å². The van der Waals surface area contributed by atoms with Gasteiger partial charge in [0.2, 0.25) is 0 Å². The molecule has 5 rings (SSSR count). The molecule has 1 aromatic carbocycles. The summed E-state index contributed by atoms with van der Waals surface area (Å²) in [6.45, 7) is 12.6. The standard InChI is InChI=1S/C34H53FO/c1-22(2)8-6-9-23(3)28-14-15-29-26-12-13-30-27(21-24-10-7-11-25(35)20-24)32(36)17-19-34(30,5)31(26)16-18-33(28,29)4/h7,10-11,20,22-23,26-32,36H,6,8-9,12-19,21H2,1-5H3/t23-,26+,27+,28-,29+,30?,31+,32-,33-,34+/m1/s1. The zero-order valence-electron chi connectivity index (χ0n) is 23.8. The first-order chi connectivity index (χ1) is 17.1. The maximum atomic E-state index is 13.9. The third-order valence-corrected chi connectivity index (χ3v) is 12.5. The van der Waals surface area contributed by atoms with E-state index < -0.39 is 0 Å². The van der Waals surface area contributed by atoms with Crippen molar-refractivity contribution >= 4 is 0 Å². The zero-order chi connectivity index (χ0) is 25.7. The van der Waals surface area contributed by atoms with Crippen LogP contribution in [0.2, 0.25) is 0 Å². The molecule has 10 atom stereocenters. The molecule has 0 spiro atoms. The molecule has 0 bridgehead atoms. The van der Waals surface area contributed by atoms with Gasteiger partial charge in [0.05, 0.1) is 6.10 Å². The molecule has 4 saturated carbocycles. The number of fused-ring (bicyclic) bond motifs is 5. The van der Waals surface area contributed by atoms with Gasteiger partial charge in [-0.25, -0.2) is 4.39 Å². The lowest BCUT2D eigenvalue weighted by Crippen LogP contribution is -2.57. The Hall–Kier alpha value is -0.890. The highest BCUT2D eigenvalue weighted by Crippen LogP contribution is 2.69. The van der Waals surface area contributed by atoms with Crippen molar-refractivity contribution < 1.29 is 9.50 Å². The van der Waals surface area contributed by atoms with Crippen molar-refractivity contribution in [2.45, 2.75) is 118 Å². The smallest absolute Gasteiger partial charge is 0.123 e. The van der Waals surface area contributed by atoms with Crippen molar-refractivity contribution in [2.24, 2.45) is 58.2 Å². The quantitative estimate of drug-likeness (QED) is 0.399. The molecule has 1 aromatic rings. The number of hydrogen-bond acceptors (Lipinski definition) is 1. The highest BCUT2D eigenvalue weighted by molar-refractivity contribution is 5.19. The van der Waals surface area contributed by atoms with Gasteiger partial charge in [-0.3, -0.25) is 0 Å². The van der Waals surface area contributed by atoms with Crippen LogP contribution < -0.4 is 0 Å². The van der Waals surface area contributed by atoms with Crippen LogP contribution in [0.3, 0.4) is 0 Å². The molecule has 36 heavy (non-hydrogen) atoms. The van der Waals surface area contributed by atoms with Crippen LogP contribution in [0.25, 0.3) is 0 Å². The molecule has 4 aliphatic carbocycles. The van der Waals surface area contributed by atoms with Gasteiger partial charge >= 0.3 is 0 Å². The summed E-state index contributed by atoms with van der Waals surface area (Å²) in [5, 5.41) is 11.1. The van der Waals surface area contributed by atoms with Crippen LogP contribution in [-0.2, 0) is 6.42 Å². The summed E-state index contributed by atoms with van der Waals surface area (Å²) >= 11 is 0. The van der Waals surface area contributed by atoms with Crippen LogP contribution in [0.1, 0.15) is 111 Å². The number of aliphatic hydroxyl groups excluding tert-OH is 1. The van der Waals surface area contributed by atoms with Crippen LogP contribution in [0.5, 0.6) is 0 Å². The number of aliphatic hydroxyl groups is 1. The van der Waals surface area contributed by atoms with E-state index in [2.05, 4.69) is 40.7 Å². The Morgan fingerprint density at radius 1 is 0.889 bits per heavy atom. The molecule has 1 unspecified atom stereocenters. The molecule has 0 aromatic heterocycles. The Morgan fingerprint density at radius 3 is 2.36 bits per heavy atom. The average Bonchev–Trinajstić information content (AvgIpc) is 3.18. The van der Waals surface area contributed by atoms with Gasteiger partial charge < -0.3 is 5.11 Å². The van der Waals surface area contributed by atoms with Crippen molar-refractivity contribution in [3.63, 3.8) is 0 Å². The van der Waals surface area contributed by atoms with Crippen LogP contribution in [0.15, 0.2) is 24.3 Å². The Morgan fingerprint density at radius 2 is 1.61 bits per heavy atom. The van der Waals surface area contributed by atoms with Crippen LogP contribution in [0.4, 0.5) is 4.39 Å². The van der Waals surface area contributed by atoms with E-state index in [-0.39, 0.29) is 17.8 Å². The summed E-state index contributed by atoms with van der Waals surface area (Å²) in [5.74, 6) is 5.89. The van der Waals surface area contributed by atoms with Crippen LogP contribution in [0, 0.1) is 64.0 Å². The second-order valence-electron chi connectivity index (χ2n) is 14.7. The van der Waals surface area contributed by atoms with Gasteiger partial charge in [0.25, 0.3) is 0 Å². The molecule has 1 nitrogen and oxygen atoms in total. The fourth-order valence-electron chi connectivity index (χ4n) is 10.7. The summed E-state index contributed by atoms with van der Waals surface area (Å²) in [6, 6.07) is 7.12. The largest absolute Gasteiger partial charge is 0.393 e. The van der Waals surface area contributed by atoms with E-state index in [1.807, 2.05) is 6.07 Å². The molecular weight excluding hydrogens is 443 g/mol. The second kappa shape index (κ2) is 10.3. The van der Waals surface area contributed by atoms with Crippen molar-refractivity contribution in [1.29, 1.82) is 0 Å². The lowest BCUT2D eigenvalue weighted by Gasteiger charge is -2.63. The minimum absolute atomic E-state index is 0.148. The topological polar surface area (TPSA) is 20.2 Å². The number of rotatable bonds is 7. The van der Waals surface area contributed by atoms with E-state index in [4.69, 9.17) is 0 Å². The molecule has 2 heteroatoms. The summed E-state index contributed by atoms with van der Waals surface area (Å²) in [7, 11) is 0. The molecular formula is C34H53FO. The summed E-state index contributed by atoms with van der Waals surface area (Å²) in [4.78, 5) is 0. The number of hydrogen-bond donors (Lipinski definition) is 1.